The van der Waals surface area contributed by atoms with Gasteiger partial charge in [-0.3, -0.25) is 9.36 Å². The summed E-state index contributed by atoms with van der Waals surface area (Å²) in [7, 11) is -3.72. The van der Waals surface area contributed by atoms with E-state index in [0.29, 0.717) is 6.54 Å². The number of primary sulfonamides is 1. The van der Waals surface area contributed by atoms with Crippen LogP contribution in [0.3, 0.4) is 0 Å². The van der Waals surface area contributed by atoms with Gasteiger partial charge in [0, 0.05) is 44.0 Å². The summed E-state index contributed by atoms with van der Waals surface area (Å²) in [6.07, 6.45) is 6.58. The second-order valence-electron chi connectivity index (χ2n) is 7.75. The fourth-order valence-electron chi connectivity index (χ4n) is 3.76. The average Bonchev–Trinajstić information content (AvgIpc) is 3.23. The van der Waals surface area contributed by atoms with E-state index in [1.54, 1.807) is 24.7 Å². The van der Waals surface area contributed by atoms with Crippen molar-refractivity contribution in [1.82, 2.24) is 24.8 Å². The van der Waals surface area contributed by atoms with Crippen LogP contribution < -0.4 is 15.4 Å². The molecule has 1 aliphatic heterocycles. The van der Waals surface area contributed by atoms with Crippen molar-refractivity contribution in [2.45, 2.75) is 31.2 Å². The number of amides is 1. The lowest BCUT2D eigenvalue weighted by Crippen LogP contribution is -2.40. The summed E-state index contributed by atoms with van der Waals surface area (Å²) < 4.78 is 24.6. The molecule has 0 radical (unpaired) electrons. The molecule has 3 heterocycles. The summed E-state index contributed by atoms with van der Waals surface area (Å²) in [6.45, 7) is 3.70. The minimum atomic E-state index is -3.72. The van der Waals surface area contributed by atoms with Crippen LogP contribution in [-0.2, 0) is 21.4 Å². The molecule has 3 aromatic rings. The van der Waals surface area contributed by atoms with Crippen molar-refractivity contribution in [3.63, 3.8) is 0 Å². The van der Waals surface area contributed by atoms with Crippen molar-refractivity contribution in [2.24, 2.45) is 11.1 Å². The van der Waals surface area contributed by atoms with Crippen molar-refractivity contribution in [3.8, 4) is 5.82 Å². The molecular formula is C21H25N7O3S. The minimum absolute atomic E-state index is 0.00223. The third-order valence-electron chi connectivity index (χ3n) is 5.62. The van der Waals surface area contributed by atoms with Crippen molar-refractivity contribution in [2.75, 3.05) is 18.0 Å². The van der Waals surface area contributed by atoms with Gasteiger partial charge in [0.05, 0.1) is 4.90 Å². The Bertz CT molecular complexity index is 1200. The Labute approximate surface area is 186 Å². The van der Waals surface area contributed by atoms with Crippen LogP contribution in [0.4, 0.5) is 5.82 Å². The third kappa shape index (κ3) is 4.94. The number of piperidine rings is 1. The second kappa shape index (κ2) is 9.05. The lowest BCUT2D eigenvalue weighted by molar-refractivity contribution is -0.125. The number of hydrogen-bond donors (Lipinski definition) is 2. The number of nitrogens with one attached hydrogen (secondary N) is 1. The van der Waals surface area contributed by atoms with E-state index in [9.17, 15) is 13.2 Å². The highest BCUT2D eigenvalue weighted by molar-refractivity contribution is 7.89. The van der Waals surface area contributed by atoms with Gasteiger partial charge in [-0.25, -0.2) is 28.5 Å². The Morgan fingerprint density at radius 2 is 1.81 bits per heavy atom. The van der Waals surface area contributed by atoms with E-state index in [1.807, 2.05) is 23.8 Å². The molecule has 0 saturated carbocycles. The number of anilines is 1. The number of rotatable bonds is 6. The number of aromatic nitrogens is 4. The first-order valence-corrected chi connectivity index (χ1v) is 11.8. The zero-order chi connectivity index (χ0) is 22.7. The van der Waals surface area contributed by atoms with Gasteiger partial charge < -0.3 is 10.2 Å². The predicted molar refractivity (Wildman–Crippen MR) is 118 cm³/mol. The number of aryl methyl sites for hydroxylation is 1. The molecule has 2 aromatic heterocycles. The van der Waals surface area contributed by atoms with E-state index in [2.05, 4.69) is 25.2 Å². The summed E-state index contributed by atoms with van der Waals surface area (Å²) in [6, 6.07) is 8.11. The molecular weight excluding hydrogens is 430 g/mol. The van der Waals surface area contributed by atoms with Crippen molar-refractivity contribution in [3.05, 3.63) is 60.4 Å². The summed E-state index contributed by atoms with van der Waals surface area (Å²) in [5.41, 5.74) is 0.812. The molecule has 1 amide bonds. The molecule has 10 nitrogen and oxygen atoms in total. The van der Waals surface area contributed by atoms with E-state index in [-0.39, 0.29) is 16.7 Å². The fraction of sp³-hybridized carbons (Fsp3) is 0.333. The summed E-state index contributed by atoms with van der Waals surface area (Å²) >= 11 is 0. The van der Waals surface area contributed by atoms with Gasteiger partial charge in [0.2, 0.25) is 15.9 Å². The standard InChI is InChI=1S/C21H25N7O3S/c1-15-23-8-11-28(15)20-12-19(25-14-26-20)27-9-6-17(7-10-27)21(29)24-13-16-2-4-18(5-3-16)32(22,30)31/h2-5,8,11-12,14,17H,6-7,9-10,13H2,1H3,(H,24,29)(H2,22,30,31). The number of imidazole rings is 1. The number of nitrogens with zero attached hydrogens (tertiary/aromatic N) is 5. The largest absolute Gasteiger partial charge is 0.356 e. The predicted octanol–water partition coefficient (Wildman–Crippen LogP) is 1.15. The number of sulfonamides is 1. The van der Waals surface area contributed by atoms with E-state index in [1.165, 1.54) is 12.1 Å². The number of carbonyl (C=O) groups is 1. The highest BCUT2D eigenvalue weighted by Gasteiger charge is 2.25. The molecule has 1 aliphatic rings. The van der Waals surface area contributed by atoms with Crippen molar-refractivity contribution >= 4 is 21.7 Å². The molecule has 168 valence electrons. The molecule has 1 aromatic carbocycles. The molecule has 0 spiro atoms. The Morgan fingerprint density at radius 3 is 2.44 bits per heavy atom. The van der Waals surface area contributed by atoms with Crippen LogP contribution in [0, 0.1) is 12.8 Å². The van der Waals surface area contributed by atoms with Gasteiger partial charge in [0.1, 0.15) is 23.8 Å². The Kier molecular flexibility index (Phi) is 6.19. The zero-order valence-electron chi connectivity index (χ0n) is 17.7. The minimum Gasteiger partial charge on any atom is -0.356 e. The monoisotopic (exact) mass is 455 g/mol. The van der Waals surface area contributed by atoms with E-state index in [4.69, 9.17) is 5.14 Å². The molecule has 0 bridgehead atoms. The smallest absolute Gasteiger partial charge is 0.238 e. The highest BCUT2D eigenvalue weighted by atomic mass is 32.2. The van der Waals surface area contributed by atoms with Gasteiger partial charge in [-0.05, 0) is 37.5 Å². The molecule has 4 rings (SSSR count). The van der Waals surface area contributed by atoms with Gasteiger partial charge in [0.25, 0.3) is 0 Å². The Hall–Kier alpha value is -3.31. The molecule has 1 saturated heterocycles. The molecule has 32 heavy (non-hydrogen) atoms. The normalized spacial score (nSPS) is 15.0. The molecule has 0 unspecified atom stereocenters. The quantitative estimate of drug-likeness (QED) is 0.569. The third-order valence-corrected chi connectivity index (χ3v) is 6.55. The van der Waals surface area contributed by atoms with Crippen LogP contribution in [0.25, 0.3) is 5.82 Å². The van der Waals surface area contributed by atoms with Gasteiger partial charge in [-0.15, -0.1) is 0 Å². The topological polar surface area (TPSA) is 136 Å². The maximum Gasteiger partial charge on any atom is 0.238 e. The van der Waals surface area contributed by atoms with E-state index < -0.39 is 10.0 Å². The number of benzene rings is 1. The maximum absolute atomic E-state index is 12.6. The summed E-state index contributed by atoms with van der Waals surface area (Å²) in [5, 5.41) is 8.05. The van der Waals surface area contributed by atoms with Gasteiger partial charge in [-0.1, -0.05) is 12.1 Å². The first-order chi connectivity index (χ1) is 15.3. The average molecular weight is 456 g/mol. The van der Waals surface area contributed by atoms with Crippen LogP contribution in [0.1, 0.15) is 24.2 Å². The van der Waals surface area contributed by atoms with E-state index >= 15 is 0 Å². The molecule has 3 N–H and O–H groups in total. The van der Waals surface area contributed by atoms with Gasteiger partial charge >= 0.3 is 0 Å². The van der Waals surface area contributed by atoms with Crippen LogP contribution in [-0.4, -0.2) is 46.9 Å². The molecule has 0 aliphatic carbocycles. The van der Waals surface area contributed by atoms with Crippen LogP contribution in [0.15, 0.2) is 53.9 Å². The summed E-state index contributed by atoms with van der Waals surface area (Å²) in [4.78, 5) is 27.8. The Balaban J connectivity index is 1.31. The van der Waals surface area contributed by atoms with Crippen LogP contribution >= 0.6 is 0 Å². The molecule has 1 fully saturated rings. The summed E-state index contributed by atoms with van der Waals surface area (Å²) in [5.74, 6) is 2.37. The Morgan fingerprint density at radius 1 is 1.12 bits per heavy atom. The highest BCUT2D eigenvalue weighted by Crippen LogP contribution is 2.23. The van der Waals surface area contributed by atoms with Gasteiger partial charge in [0.15, 0.2) is 0 Å². The SMILES string of the molecule is Cc1nccn1-c1cc(N2CCC(C(=O)NCc3ccc(S(N)(=O)=O)cc3)CC2)ncn1. The molecule has 0 atom stereocenters. The maximum atomic E-state index is 12.6. The van der Waals surface area contributed by atoms with E-state index in [0.717, 1.165) is 49.0 Å². The molecule has 11 heteroatoms. The first-order valence-electron chi connectivity index (χ1n) is 10.3. The lowest BCUT2D eigenvalue weighted by atomic mass is 9.96. The number of carbonyl (C=O) groups excluding carboxylic acids is 1. The van der Waals surface area contributed by atoms with Crippen LogP contribution in [0.5, 0.6) is 0 Å². The van der Waals surface area contributed by atoms with Crippen molar-refractivity contribution < 1.29 is 13.2 Å². The number of hydrogen-bond acceptors (Lipinski definition) is 7. The fourth-order valence-corrected chi connectivity index (χ4v) is 4.28. The zero-order valence-corrected chi connectivity index (χ0v) is 18.5. The second-order valence-corrected chi connectivity index (χ2v) is 9.31. The first kappa shape index (κ1) is 21.9. The van der Waals surface area contributed by atoms with Gasteiger partial charge in [-0.2, -0.15) is 0 Å². The van der Waals surface area contributed by atoms with Crippen LogP contribution in [0.2, 0.25) is 0 Å². The number of nitrogens with two attached hydrogens (primary N) is 1. The van der Waals surface area contributed by atoms with Crippen molar-refractivity contribution in [1.29, 1.82) is 0 Å². The lowest BCUT2D eigenvalue weighted by Gasteiger charge is -2.32.